The van der Waals surface area contributed by atoms with Gasteiger partial charge in [0.15, 0.2) is 0 Å². The summed E-state index contributed by atoms with van der Waals surface area (Å²) >= 11 is 1.41. The summed E-state index contributed by atoms with van der Waals surface area (Å²) < 4.78 is 2.52. The van der Waals surface area contributed by atoms with Crippen molar-refractivity contribution >= 4 is 37.5 Å². The van der Waals surface area contributed by atoms with Crippen molar-refractivity contribution in [1.82, 2.24) is 4.68 Å². The zero-order valence-electron chi connectivity index (χ0n) is 8.27. The number of anilines is 1. The third-order valence-electron chi connectivity index (χ3n) is 2.67. The second-order valence-corrected chi connectivity index (χ2v) is 4.57. The molecule has 2 heterocycles. The first-order chi connectivity index (χ1) is 7.74. The van der Waals surface area contributed by atoms with Crippen molar-refractivity contribution in [1.29, 1.82) is 5.26 Å². The predicted molar refractivity (Wildman–Crippen MR) is 66.6 cm³/mol. The zero-order chi connectivity index (χ0) is 11.3. The van der Waals surface area contributed by atoms with E-state index in [1.165, 1.54) is 16.0 Å². The fourth-order valence-electron chi connectivity index (χ4n) is 1.96. The molecule has 0 fully saturated rings. The molecule has 0 atom stereocenters. The number of nitrogen functional groups attached to an aromatic ring is 2. The molecule has 0 amide bonds. The van der Waals surface area contributed by atoms with Crippen LogP contribution in [-0.4, -0.2) is 4.68 Å². The fourth-order valence-corrected chi connectivity index (χ4v) is 3.00. The normalized spacial score (nSPS) is 10.9. The molecule has 0 saturated carbocycles. The van der Waals surface area contributed by atoms with Crippen LogP contribution in [0.1, 0.15) is 5.56 Å². The standard InChI is InChI=1S/C11H8N4S/c12-5-7-9-10(16-11(7)13)6-3-1-2-4-8(6)15(9)14/h1-4H,13-14H2. The number of hydrogen-bond donors (Lipinski definition) is 2. The molecule has 0 aliphatic carbocycles. The van der Waals surface area contributed by atoms with Gasteiger partial charge in [0.25, 0.3) is 0 Å². The van der Waals surface area contributed by atoms with E-state index in [0.29, 0.717) is 10.6 Å². The van der Waals surface area contributed by atoms with Gasteiger partial charge in [-0.25, -0.2) is 0 Å². The van der Waals surface area contributed by atoms with E-state index in [9.17, 15) is 0 Å². The maximum absolute atomic E-state index is 9.06. The lowest BCUT2D eigenvalue weighted by Gasteiger charge is -1.97. The Hall–Kier alpha value is -2.19. The Labute approximate surface area is 95.3 Å². The van der Waals surface area contributed by atoms with Crippen molar-refractivity contribution in [2.24, 2.45) is 0 Å². The minimum atomic E-state index is 0.471. The lowest BCUT2D eigenvalue weighted by Crippen LogP contribution is -2.07. The van der Waals surface area contributed by atoms with E-state index in [1.54, 1.807) is 0 Å². The molecular weight excluding hydrogens is 220 g/mol. The topological polar surface area (TPSA) is 80.8 Å². The number of rotatable bonds is 0. The van der Waals surface area contributed by atoms with Gasteiger partial charge >= 0.3 is 0 Å². The first-order valence-corrected chi connectivity index (χ1v) is 5.52. The van der Waals surface area contributed by atoms with Crippen molar-refractivity contribution in [2.45, 2.75) is 0 Å². The summed E-state index contributed by atoms with van der Waals surface area (Å²) in [4.78, 5) is 0. The quantitative estimate of drug-likeness (QED) is 0.577. The molecule has 4 nitrogen and oxygen atoms in total. The number of nitriles is 1. The van der Waals surface area contributed by atoms with E-state index in [1.807, 2.05) is 24.3 Å². The van der Waals surface area contributed by atoms with Crippen LogP contribution < -0.4 is 11.6 Å². The fraction of sp³-hybridized carbons (Fsp3) is 0. The molecule has 16 heavy (non-hydrogen) atoms. The highest BCUT2D eigenvalue weighted by atomic mass is 32.1. The Kier molecular flexibility index (Phi) is 1.64. The molecule has 4 N–H and O–H groups in total. The van der Waals surface area contributed by atoms with E-state index in [2.05, 4.69) is 6.07 Å². The summed E-state index contributed by atoms with van der Waals surface area (Å²) in [5.41, 5.74) is 7.91. The molecule has 0 bridgehead atoms. The van der Waals surface area contributed by atoms with Crippen LogP contribution in [-0.2, 0) is 0 Å². The molecule has 5 heteroatoms. The smallest absolute Gasteiger partial charge is 0.112 e. The third kappa shape index (κ3) is 0.916. The predicted octanol–water partition coefficient (Wildman–Crippen LogP) is 2.02. The summed E-state index contributed by atoms with van der Waals surface area (Å²) in [7, 11) is 0. The van der Waals surface area contributed by atoms with Gasteiger partial charge in [-0.05, 0) is 6.07 Å². The lowest BCUT2D eigenvalue weighted by molar-refractivity contribution is 1.12. The molecule has 2 aromatic heterocycles. The average Bonchev–Trinajstić information content (AvgIpc) is 2.76. The molecule has 78 valence electrons. The number of para-hydroxylation sites is 1. The number of aromatic nitrogens is 1. The van der Waals surface area contributed by atoms with Crippen molar-refractivity contribution in [3.8, 4) is 6.07 Å². The number of nitrogens with two attached hydrogens (primary N) is 2. The van der Waals surface area contributed by atoms with Crippen LogP contribution in [0.3, 0.4) is 0 Å². The average molecular weight is 228 g/mol. The summed E-state index contributed by atoms with van der Waals surface area (Å²) in [6, 6.07) is 9.89. The minimum absolute atomic E-state index is 0.471. The van der Waals surface area contributed by atoms with Crippen LogP contribution in [0.25, 0.3) is 21.1 Å². The minimum Gasteiger partial charge on any atom is -0.389 e. The molecule has 0 aliphatic rings. The van der Waals surface area contributed by atoms with Gasteiger partial charge in [0.05, 0.1) is 10.2 Å². The molecule has 0 spiro atoms. The molecule has 0 radical (unpaired) electrons. The van der Waals surface area contributed by atoms with E-state index in [0.717, 1.165) is 21.1 Å². The van der Waals surface area contributed by atoms with Crippen LogP contribution in [0.15, 0.2) is 24.3 Å². The van der Waals surface area contributed by atoms with Gasteiger partial charge < -0.3 is 11.6 Å². The number of hydrogen-bond acceptors (Lipinski definition) is 4. The molecule has 0 aliphatic heterocycles. The van der Waals surface area contributed by atoms with Crippen molar-refractivity contribution in [3.63, 3.8) is 0 Å². The highest BCUT2D eigenvalue weighted by Gasteiger charge is 2.17. The number of thiophene rings is 1. The van der Waals surface area contributed by atoms with Crippen molar-refractivity contribution in [2.75, 3.05) is 11.6 Å². The Morgan fingerprint density at radius 3 is 2.81 bits per heavy atom. The summed E-state index contributed by atoms with van der Waals surface area (Å²) in [5, 5.41) is 10.6. The van der Waals surface area contributed by atoms with Crippen molar-refractivity contribution in [3.05, 3.63) is 29.8 Å². The van der Waals surface area contributed by atoms with Crippen LogP contribution in [0.2, 0.25) is 0 Å². The lowest BCUT2D eigenvalue weighted by atomic mass is 10.2. The molecule has 1 aromatic carbocycles. The molecule has 3 aromatic rings. The highest BCUT2D eigenvalue weighted by molar-refractivity contribution is 7.24. The van der Waals surface area contributed by atoms with Gasteiger partial charge in [0.2, 0.25) is 0 Å². The second-order valence-electron chi connectivity index (χ2n) is 3.52. The van der Waals surface area contributed by atoms with Gasteiger partial charge in [0, 0.05) is 5.39 Å². The summed E-state index contributed by atoms with van der Waals surface area (Å²) in [5.74, 6) is 5.98. The highest BCUT2D eigenvalue weighted by Crippen LogP contribution is 2.38. The first kappa shape index (κ1) is 9.07. The zero-order valence-corrected chi connectivity index (χ0v) is 9.08. The maximum Gasteiger partial charge on any atom is 0.112 e. The van der Waals surface area contributed by atoms with Gasteiger partial charge in [-0.1, -0.05) is 18.2 Å². The monoisotopic (exact) mass is 228 g/mol. The SMILES string of the molecule is N#Cc1c(N)sc2c3ccccc3n(N)c12. The molecule has 0 unspecified atom stereocenters. The number of nitrogens with zero attached hydrogens (tertiary/aromatic N) is 2. The van der Waals surface area contributed by atoms with E-state index in [4.69, 9.17) is 16.8 Å². The molecule has 3 rings (SSSR count). The Balaban J connectivity index is 2.66. The van der Waals surface area contributed by atoms with Gasteiger partial charge in [-0.15, -0.1) is 11.3 Å². The van der Waals surface area contributed by atoms with Gasteiger partial charge in [-0.2, -0.15) is 5.26 Å². The summed E-state index contributed by atoms with van der Waals surface area (Å²) in [6.07, 6.45) is 0. The van der Waals surface area contributed by atoms with Crippen LogP contribution in [0, 0.1) is 11.3 Å². The maximum atomic E-state index is 9.06. The van der Waals surface area contributed by atoms with Gasteiger partial charge in [-0.3, -0.25) is 4.68 Å². The second kappa shape index (κ2) is 2.90. The van der Waals surface area contributed by atoms with E-state index >= 15 is 0 Å². The van der Waals surface area contributed by atoms with Crippen LogP contribution in [0.4, 0.5) is 5.00 Å². The summed E-state index contributed by atoms with van der Waals surface area (Å²) in [6.45, 7) is 0. The van der Waals surface area contributed by atoms with Crippen LogP contribution >= 0.6 is 11.3 Å². The Morgan fingerprint density at radius 2 is 2.06 bits per heavy atom. The number of benzene rings is 1. The van der Waals surface area contributed by atoms with Crippen LogP contribution in [0.5, 0.6) is 0 Å². The van der Waals surface area contributed by atoms with Crippen molar-refractivity contribution < 1.29 is 0 Å². The molecular formula is C11H8N4S. The molecule has 0 saturated heterocycles. The van der Waals surface area contributed by atoms with Gasteiger partial charge in [0.1, 0.15) is 22.2 Å². The Bertz CT molecular complexity index is 745. The van der Waals surface area contributed by atoms with E-state index in [-0.39, 0.29) is 0 Å². The Morgan fingerprint density at radius 1 is 1.31 bits per heavy atom. The van der Waals surface area contributed by atoms with E-state index < -0.39 is 0 Å². The third-order valence-corrected chi connectivity index (χ3v) is 3.71. The largest absolute Gasteiger partial charge is 0.389 e. The first-order valence-electron chi connectivity index (χ1n) is 4.70. The number of fused-ring (bicyclic) bond motifs is 3.